The van der Waals surface area contributed by atoms with Crippen LogP contribution >= 0.6 is 11.8 Å². The number of ether oxygens (including phenoxy) is 1. The van der Waals surface area contributed by atoms with E-state index >= 15 is 0 Å². The predicted octanol–water partition coefficient (Wildman–Crippen LogP) is 3.92. The van der Waals surface area contributed by atoms with E-state index < -0.39 is 6.04 Å². The van der Waals surface area contributed by atoms with Gasteiger partial charge < -0.3 is 15.0 Å². The molecule has 8 nitrogen and oxygen atoms in total. The average molecular weight is 508 g/mol. The first-order valence-corrected chi connectivity index (χ1v) is 13.4. The number of anilines is 1. The predicted molar refractivity (Wildman–Crippen MR) is 143 cm³/mol. The number of hydrogen-bond acceptors (Lipinski definition) is 8. The van der Waals surface area contributed by atoms with Crippen molar-refractivity contribution in [3.63, 3.8) is 0 Å². The van der Waals surface area contributed by atoms with Crippen molar-refractivity contribution in [1.29, 1.82) is 0 Å². The minimum atomic E-state index is -0.514. The Kier molecular flexibility index (Phi) is 8.43. The summed E-state index contributed by atoms with van der Waals surface area (Å²) < 4.78 is 5.00. The first-order chi connectivity index (χ1) is 17.4. The number of fused-ring (bicyclic) bond motifs is 1. The molecule has 0 radical (unpaired) electrons. The highest BCUT2D eigenvalue weighted by molar-refractivity contribution is 7.98. The van der Waals surface area contributed by atoms with Gasteiger partial charge in [0.25, 0.3) is 5.91 Å². The molecule has 0 spiro atoms. The van der Waals surface area contributed by atoms with Crippen molar-refractivity contribution in [2.24, 2.45) is 5.92 Å². The molecule has 2 aromatic carbocycles. The number of nitrogens with one attached hydrogen (secondary N) is 1. The van der Waals surface area contributed by atoms with Gasteiger partial charge in [-0.15, -0.1) is 11.8 Å². The number of aromatic nitrogens is 2. The van der Waals surface area contributed by atoms with E-state index in [1.807, 2.05) is 73.5 Å². The van der Waals surface area contributed by atoms with Gasteiger partial charge in [-0.25, -0.2) is 14.8 Å². The molecule has 1 amide bonds. The first-order valence-electron chi connectivity index (χ1n) is 12.2. The van der Waals surface area contributed by atoms with Crippen LogP contribution in [0.25, 0.3) is 10.9 Å². The lowest BCUT2D eigenvalue weighted by Gasteiger charge is -2.34. The summed E-state index contributed by atoms with van der Waals surface area (Å²) in [5.74, 6) is 1.09. The largest absolute Gasteiger partial charge is 0.467 e. The van der Waals surface area contributed by atoms with Crippen molar-refractivity contribution in [3.05, 3.63) is 59.9 Å². The van der Waals surface area contributed by atoms with Crippen LogP contribution in [0, 0.1) is 5.92 Å². The van der Waals surface area contributed by atoms with Crippen LogP contribution < -0.4 is 5.32 Å². The minimum absolute atomic E-state index is 0.0245. The van der Waals surface area contributed by atoms with Gasteiger partial charge in [-0.05, 0) is 36.4 Å². The molecule has 1 saturated heterocycles. The molecule has 1 aromatic heterocycles. The second-order valence-electron chi connectivity index (χ2n) is 9.16. The van der Waals surface area contributed by atoms with Gasteiger partial charge in [0.15, 0.2) is 0 Å². The Morgan fingerprint density at radius 2 is 1.72 bits per heavy atom. The summed E-state index contributed by atoms with van der Waals surface area (Å²) in [4.78, 5) is 40.2. The monoisotopic (exact) mass is 507 g/mol. The van der Waals surface area contributed by atoms with E-state index in [2.05, 4.69) is 10.2 Å². The van der Waals surface area contributed by atoms with E-state index in [1.165, 1.54) is 7.11 Å². The topological polar surface area (TPSA) is 87.7 Å². The standard InChI is InChI=1S/C27H33N5O3S/c1-18(2)24(27(34)35-3)30-25-19-9-5-7-11-21(19)28-23(29-25)17-31-13-15-32(16-14-31)26(33)20-10-6-8-12-22(20)36-4/h5-12,18,24H,13-17H2,1-4H3,(H,28,29,30)/t24-/m0/s1. The molecule has 0 bridgehead atoms. The number of piperazine rings is 1. The SMILES string of the molecule is COC(=O)[C@@H](Nc1nc(CN2CCN(C(=O)c3ccccc3SC)CC2)nc2ccccc12)C(C)C. The Labute approximate surface area is 216 Å². The summed E-state index contributed by atoms with van der Waals surface area (Å²) in [6.45, 7) is 7.28. The highest BCUT2D eigenvalue weighted by Crippen LogP contribution is 2.24. The number of amides is 1. The van der Waals surface area contributed by atoms with Gasteiger partial charge in [0.2, 0.25) is 0 Å². The van der Waals surface area contributed by atoms with Gasteiger partial charge in [-0.2, -0.15) is 0 Å². The number of methoxy groups -OCH3 is 1. The number of para-hydroxylation sites is 1. The van der Waals surface area contributed by atoms with Gasteiger partial charge >= 0.3 is 5.97 Å². The third-order valence-corrected chi connectivity index (χ3v) is 7.22. The Hall–Kier alpha value is -3.17. The zero-order valence-electron chi connectivity index (χ0n) is 21.2. The zero-order chi connectivity index (χ0) is 25.7. The lowest BCUT2D eigenvalue weighted by Crippen LogP contribution is -2.48. The molecule has 0 aliphatic carbocycles. The van der Waals surface area contributed by atoms with Crippen molar-refractivity contribution < 1.29 is 14.3 Å². The second kappa shape index (κ2) is 11.7. The molecule has 1 aliphatic rings. The third-order valence-electron chi connectivity index (χ3n) is 6.43. The Morgan fingerprint density at radius 3 is 2.42 bits per heavy atom. The highest BCUT2D eigenvalue weighted by Gasteiger charge is 2.26. The van der Waals surface area contributed by atoms with E-state index in [4.69, 9.17) is 14.7 Å². The fourth-order valence-corrected chi connectivity index (χ4v) is 4.97. The van der Waals surface area contributed by atoms with Crippen LogP contribution in [0.15, 0.2) is 53.4 Å². The number of carbonyl (C=O) groups is 2. The van der Waals surface area contributed by atoms with Crippen molar-refractivity contribution in [2.75, 3.05) is 44.9 Å². The van der Waals surface area contributed by atoms with Gasteiger partial charge in [-0.1, -0.05) is 38.1 Å². The summed E-state index contributed by atoms with van der Waals surface area (Å²) in [5, 5.41) is 4.16. The van der Waals surface area contributed by atoms with Gasteiger partial charge in [0, 0.05) is 36.5 Å². The minimum Gasteiger partial charge on any atom is -0.467 e. The number of nitrogens with zero attached hydrogens (tertiary/aromatic N) is 4. The highest BCUT2D eigenvalue weighted by atomic mass is 32.2. The summed E-state index contributed by atoms with van der Waals surface area (Å²) in [7, 11) is 1.40. The molecule has 3 aromatic rings. The van der Waals surface area contributed by atoms with Crippen molar-refractivity contribution in [2.45, 2.75) is 31.3 Å². The molecule has 1 fully saturated rings. The van der Waals surface area contributed by atoms with E-state index in [0.717, 1.165) is 34.5 Å². The number of benzene rings is 2. The van der Waals surface area contributed by atoms with Crippen LogP contribution in [0.4, 0.5) is 5.82 Å². The molecular formula is C27H33N5O3S. The fourth-order valence-electron chi connectivity index (χ4n) is 4.38. The van der Waals surface area contributed by atoms with E-state index in [0.29, 0.717) is 31.3 Å². The van der Waals surface area contributed by atoms with Crippen molar-refractivity contribution >= 4 is 40.4 Å². The molecule has 4 rings (SSSR count). The first kappa shape index (κ1) is 25.9. The van der Waals surface area contributed by atoms with Crippen LogP contribution in [0.5, 0.6) is 0 Å². The normalized spacial score (nSPS) is 15.2. The van der Waals surface area contributed by atoms with Gasteiger partial charge in [-0.3, -0.25) is 9.69 Å². The van der Waals surface area contributed by atoms with E-state index in [1.54, 1.807) is 11.8 Å². The maximum absolute atomic E-state index is 13.1. The Morgan fingerprint density at radius 1 is 1.03 bits per heavy atom. The van der Waals surface area contributed by atoms with Gasteiger partial charge in [0.05, 0.1) is 24.7 Å². The quantitative estimate of drug-likeness (QED) is 0.363. The second-order valence-corrected chi connectivity index (χ2v) is 10.0. The summed E-state index contributed by atoms with van der Waals surface area (Å²) >= 11 is 1.59. The molecular weight excluding hydrogens is 474 g/mol. The molecule has 1 aliphatic heterocycles. The molecule has 190 valence electrons. The van der Waals surface area contributed by atoms with Crippen molar-refractivity contribution in [3.8, 4) is 0 Å². The Balaban J connectivity index is 1.48. The lowest BCUT2D eigenvalue weighted by atomic mass is 10.0. The number of esters is 1. The fraction of sp³-hybridized carbons (Fsp3) is 0.407. The van der Waals surface area contributed by atoms with Crippen LogP contribution in [-0.2, 0) is 16.1 Å². The number of carbonyl (C=O) groups excluding carboxylic acids is 2. The van der Waals surface area contributed by atoms with Crippen molar-refractivity contribution in [1.82, 2.24) is 19.8 Å². The number of rotatable bonds is 8. The van der Waals surface area contributed by atoms with Crippen LogP contribution in [0.2, 0.25) is 0 Å². The smallest absolute Gasteiger partial charge is 0.328 e. The van der Waals surface area contributed by atoms with Crippen LogP contribution in [0.3, 0.4) is 0 Å². The summed E-state index contributed by atoms with van der Waals surface area (Å²) in [6.07, 6.45) is 1.99. The van der Waals surface area contributed by atoms with Crippen LogP contribution in [-0.4, -0.2) is 77.2 Å². The van der Waals surface area contributed by atoms with E-state index in [-0.39, 0.29) is 17.8 Å². The maximum atomic E-state index is 13.1. The molecule has 1 atom stereocenters. The molecule has 1 N–H and O–H groups in total. The average Bonchev–Trinajstić information content (AvgIpc) is 2.91. The number of thioether (sulfide) groups is 1. The Bertz CT molecular complexity index is 1230. The third kappa shape index (κ3) is 5.79. The van der Waals surface area contributed by atoms with Crippen LogP contribution in [0.1, 0.15) is 30.0 Å². The van der Waals surface area contributed by atoms with E-state index in [9.17, 15) is 9.59 Å². The zero-order valence-corrected chi connectivity index (χ0v) is 22.0. The molecule has 0 unspecified atom stereocenters. The number of hydrogen-bond donors (Lipinski definition) is 1. The molecule has 2 heterocycles. The molecule has 0 saturated carbocycles. The summed E-state index contributed by atoms with van der Waals surface area (Å²) in [5.41, 5.74) is 1.58. The molecule has 9 heteroatoms. The van der Waals surface area contributed by atoms with Gasteiger partial charge in [0.1, 0.15) is 17.7 Å². The lowest BCUT2D eigenvalue weighted by molar-refractivity contribution is -0.142. The summed E-state index contributed by atoms with van der Waals surface area (Å²) in [6, 6.07) is 15.0. The molecule has 36 heavy (non-hydrogen) atoms. The maximum Gasteiger partial charge on any atom is 0.328 e.